The van der Waals surface area contributed by atoms with E-state index in [4.69, 9.17) is 0 Å². The van der Waals surface area contributed by atoms with E-state index in [9.17, 15) is 0 Å². The van der Waals surface area contributed by atoms with Crippen LogP contribution in [-0.2, 0) is 23.3 Å². The van der Waals surface area contributed by atoms with Crippen LogP contribution in [0.5, 0.6) is 0 Å². The zero-order valence-electron chi connectivity index (χ0n) is 26.9. The second-order valence-corrected chi connectivity index (χ2v) is 19.2. The molecule has 48 heavy (non-hydrogen) atoms. The molecule has 0 N–H and O–H groups in total. The van der Waals surface area contributed by atoms with Crippen molar-refractivity contribution in [2.45, 2.75) is 13.5 Å². The third kappa shape index (κ3) is 7.44. The summed E-state index contributed by atoms with van der Waals surface area (Å²) in [7, 11) is 0. The third-order valence-corrected chi connectivity index (χ3v) is 12.0. The summed E-state index contributed by atoms with van der Waals surface area (Å²) in [5.41, 5.74) is 3.84. The van der Waals surface area contributed by atoms with Gasteiger partial charge >= 0.3 is 70.8 Å². The molecule has 9 aromatic rings. The molecule has 0 saturated carbocycles. The van der Waals surface area contributed by atoms with E-state index in [1.54, 1.807) is 28.5 Å². The Balaban J connectivity index is 0.000000158. The Morgan fingerprint density at radius 2 is 0.938 bits per heavy atom. The smallest absolute Gasteiger partial charge is 0.00995 e. The number of halogens is 2. The average molecular weight is 753 g/mol. The first-order chi connectivity index (χ1) is 22.6. The van der Waals surface area contributed by atoms with Crippen molar-refractivity contribution in [3.8, 4) is 11.1 Å². The van der Waals surface area contributed by atoms with Crippen LogP contribution >= 0.6 is 0 Å². The molecule has 0 nitrogen and oxygen atoms in total. The molecule has 0 radical (unpaired) electrons. The van der Waals surface area contributed by atoms with Crippen molar-refractivity contribution in [3.63, 3.8) is 0 Å². The summed E-state index contributed by atoms with van der Waals surface area (Å²) in [6.07, 6.45) is 0. The number of benzene rings is 7. The van der Waals surface area contributed by atoms with Crippen molar-refractivity contribution in [2.24, 2.45) is 0 Å². The molecule has 0 amide bonds. The van der Waals surface area contributed by atoms with Crippen LogP contribution in [0.1, 0.15) is 5.56 Å². The van der Waals surface area contributed by atoms with Crippen LogP contribution in [0.2, 0.25) is 6.55 Å². The summed E-state index contributed by atoms with van der Waals surface area (Å²) in [5, 5.41) is 14.9. The Hall–Kier alpha value is -3.78. The van der Waals surface area contributed by atoms with Gasteiger partial charge in [0, 0.05) is 0 Å². The van der Waals surface area contributed by atoms with Gasteiger partial charge in [-0.25, -0.2) is 0 Å². The molecule has 0 aliphatic carbocycles. The Morgan fingerprint density at radius 3 is 1.56 bits per heavy atom. The van der Waals surface area contributed by atoms with Crippen LogP contribution in [-0.4, -0.2) is 5.43 Å². The Morgan fingerprint density at radius 1 is 0.438 bits per heavy atom. The molecule has 4 heteroatoms. The predicted octanol–water partition coefficient (Wildman–Crippen LogP) is 5.62. The van der Waals surface area contributed by atoms with Gasteiger partial charge in [-0.05, 0) is 33.2 Å². The summed E-state index contributed by atoms with van der Waals surface area (Å²) >= 11 is 1.69. The van der Waals surface area contributed by atoms with Crippen molar-refractivity contribution in [2.75, 3.05) is 0 Å². The first kappa shape index (κ1) is 35.5. The molecule has 0 bridgehead atoms. The molecular formula is C44H34Cl2SiZr-2. The zero-order chi connectivity index (χ0) is 31.5. The quantitative estimate of drug-likeness (QED) is 0.122. The van der Waals surface area contributed by atoms with Crippen molar-refractivity contribution in [1.29, 1.82) is 0 Å². The van der Waals surface area contributed by atoms with E-state index in [0.29, 0.717) is 0 Å². The van der Waals surface area contributed by atoms with E-state index in [-0.39, 0.29) is 30.2 Å². The zero-order valence-corrected chi connectivity index (χ0v) is 31.9. The molecule has 9 rings (SSSR count). The summed E-state index contributed by atoms with van der Waals surface area (Å²) in [4.78, 5) is 0. The van der Waals surface area contributed by atoms with E-state index in [0.717, 1.165) is 0 Å². The van der Waals surface area contributed by atoms with Crippen LogP contribution in [0.25, 0.3) is 65.0 Å². The van der Waals surface area contributed by atoms with E-state index >= 15 is 0 Å². The topological polar surface area (TPSA) is 0 Å². The molecule has 0 aliphatic heterocycles. The van der Waals surface area contributed by atoms with Gasteiger partial charge in [0.15, 0.2) is 0 Å². The van der Waals surface area contributed by atoms with Crippen LogP contribution in [0.15, 0.2) is 170 Å². The number of hydrogen-bond donors (Lipinski definition) is 0. The third-order valence-electron chi connectivity index (χ3n) is 8.68. The van der Waals surface area contributed by atoms with Crippen molar-refractivity contribution in [1.82, 2.24) is 0 Å². The van der Waals surface area contributed by atoms with E-state index in [2.05, 4.69) is 183 Å². The SMILES string of the molecule is C[Si](=[Zr+2])c1ccccc1.Cc1cc2c(-c3cc4ccccc4c4ccccc34)cccc2[cH-]1.[Cl-].[Cl-].c1ccc2c(c1)[cH-]c1ccccc12. The maximum Gasteiger partial charge on any atom is -0.00995 e. The fourth-order valence-electron chi connectivity index (χ4n) is 6.49. The summed E-state index contributed by atoms with van der Waals surface area (Å²) in [5.74, 6) is 0. The molecule has 0 aliphatic rings. The minimum atomic E-state index is -0.122. The first-order valence-corrected chi connectivity index (χ1v) is 21.5. The number of rotatable bonds is 2. The molecular weight excluding hydrogens is 719 g/mol. The van der Waals surface area contributed by atoms with Crippen molar-refractivity contribution < 1.29 is 48.1 Å². The minimum Gasteiger partial charge on any atom is -1.00 e. The van der Waals surface area contributed by atoms with Gasteiger partial charge in [0.1, 0.15) is 0 Å². The maximum atomic E-state index is 2.35. The summed E-state index contributed by atoms with van der Waals surface area (Å²) < 4.78 is 0. The molecule has 234 valence electrons. The minimum absolute atomic E-state index is 0. The average Bonchev–Trinajstić information content (AvgIpc) is 3.68. The Bertz CT molecular complexity index is 2420. The summed E-state index contributed by atoms with van der Waals surface area (Å²) in [6.45, 7) is 4.51. The summed E-state index contributed by atoms with van der Waals surface area (Å²) in [6, 6.07) is 61.0. The van der Waals surface area contributed by atoms with Crippen LogP contribution in [0.4, 0.5) is 0 Å². The number of hydrogen-bond acceptors (Lipinski definition) is 0. The fraction of sp³-hybridized carbons (Fsp3) is 0.0455. The molecule has 0 aromatic heterocycles. The van der Waals surface area contributed by atoms with Gasteiger partial charge < -0.3 is 24.8 Å². The fourth-order valence-corrected chi connectivity index (χ4v) is 8.41. The molecule has 0 saturated heterocycles. The van der Waals surface area contributed by atoms with E-state index in [1.165, 1.54) is 70.6 Å². The van der Waals surface area contributed by atoms with Gasteiger partial charge in [-0.1, -0.05) is 103 Å². The molecule has 0 fully saturated rings. The first-order valence-electron chi connectivity index (χ1n) is 15.8. The van der Waals surface area contributed by atoms with Gasteiger partial charge in [0.25, 0.3) is 0 Å². The molecule has 9 aromatic carbocycles. The Labute approximate surface area is 310 Å². The Kier molecular flexibility index (Phi) is 11.9. The van der Waals surface area contributed by atoms with Gasteiger partial charge in [0.2, 0.25) is 0 Å². The number of aryl methyl sites for hydroxylation is 1. The molecule has 0 unspecified atom stereocenters. The van der Waals surface area contributed by atoms with E-state index in [1.807, 2.05) is 0 Å². The van der Waals surface area contributed by atoms with Crippen LogP contribution < -0.4 is 30.0 Å². The second kappa shape index (κ2) is 16.1. The van der Waals surface area contributed by atoms with Gasteiger partial charge in [-0.15, -0.1) is 74.3 Å². The standard InChI is InChI=1S/C24H17.C13H9.C7H8Si.2ClH.Zr/c1-16-13-17-8-6-12-22(23(17)14-16)24-15-18-7-2-3-9-19(18)20-10-4-5-11-21(20)24;1-3-7-12-10(5-1)9-11-6-2-4-8-13(11)12;1-8-7-5-3-2-4-6-7;;;/h2-15H,1H3;1-9H;2-6H,1H3;2*1H;/q2*-1;;;;+2/p-2. The van der Waals surface area contributed by atoms with Gasteiger partial charge in [0.05, 0.1) is 0 Å². The number of fused-ring (bicyclic) bond motifs is 7. The van der Waals surface area contributed by atoms with Gasteiger partial charge in [-0.3, -0.25) is 0 Å². The second-order valence-electron chi connectivity index (χ2n) is 11.8. The maximum absolute atomic E-state index is 2.35. The largest absolute Gasteiger partial charge is 1.00 e. The van der Waals surface area contributed by atoms with Crippen molar-refractivity contribution in [3.05, 3.63) is 175 Å². The van der Waals surface area contributed by atoms with Gasteiger partial charge in [-0.2, -0.15) is 6.07 Å². The molecule has 0 atom stereocenters. The van der Waals surface area contributed by atoms with Crippen LogP contribution in [0.3, 0.4) is 0 Å². The van der Waals surface area contributed by atoms with Crippen LogP contribution in [0, 0.1) is 6.92 Å². The molecule has 0 heterocycles. The monoisotopic (exact) mass is 750 g/mol. The van der Waals surface area contributed by atoms with E-state index < -0.39 is 0 Å². The van der Waals surface area contributed by atoms with Crippen molar-refractivity contribution >= 4 is 64.5 Å². The predicted molar refractivity (Wildman–Crippen MR) is 199 cm³/mol. The normalized spacial score (nSPS) is 10.5. The molecule has 0 spiro atoms.